The number of carbonyl (C=O) groups excluding carboxylic acids is 2. The van der Waals surface area contributed by atoms with Crippen molar-refractivity contribution in [2.45, 2.75) is 32.2 Å². The van der Waals surface area contributed by atoms with Crippen LogP contribution in [-0.4, -0.2) is 50.0 Å². The lowest BCUT2D eigenvalue weighted by atomic mass is 10.1. The summed E-state index contributed by atoms with van der Waals surface area (Å²) in [6.45, 7) is 3.34. The Morgan fingerprint density at radius 1 is 1.38 bits per heavy atom. The molecule has 1 aliphatic rings. The predicted molar refractivity (Wildman–Crippen MR) is 97.1 cm³/mol. The van der Waals surface area contributed by atoms with Gasteiger partial charge in [-0.2, -0.15) is 0 Å². The minimum atomic E-state index is -0.110. The SMILES string of the molecule is CCOc1ccc(C(=O)N(C)C)cc1NC(=O)CC1CCCN1.Cl. The van der Waals surface area contributed by atoms with Crippen molar-refractivity contribution in [3.05, 3.63) is 23.8 Å². The second kappa shape index (κ2) is 9.49. The van der Waals surface area contributed by atoms with Gasteiger partial charge in [0.15, 0.2) is 0 Å². The maximum Gasteiger partial charge on any atom is 0.253 e. The van der Waals surface area contributed by atoms with Crippen LogP contribution in [0.2, 0.25) is 0 Å². The van der Waals surface area contributed by atoms with E-state index in [-0.39, 0.29) is 30.3 Å². The maximum atomic E-state index is 12.2. The van der Waals surface area contributed by atoms with E-state index >= 15 is 0 Å². The molecular formula is C17H26ClN3O3. The van der Waals surface area contributed by atoms with Gasteiger partial charge in [0, 0.05) is 32.1 Å². The quantitative estimate of drug-likeness (QED) is 0.821. The summed E-state index contributed by atoms with van der Waals surface area (Å²) in [6.07, 6.45) is 2.55. The fourth-order valence-corrected chi connectivity index (χ4v) is 2.66. The fraction of sp³-hybridized carbons (Fsp3) is 0.529. The van der Waals surface area contributed by atoms with Gasteiger partial charge in [-0.3, -0.25) is 9.59 Å². The lowest BCUT2D eigenvalue weighted by molar-refractivity contribution is -0.116. The smallest absolute Gasteiger partial charge is 0.253 e. The second-order valence-corrected chi connectivity index (χ2v) is 5.89. The Kier molecular flexibility index (Phi) is 8.01. The van der Waals surface area contributed by atoms with E-state index in [1.165, 1.54) is 4.90 Å². The number of anilines is 1. The lowest BCUT2D eigenvalue weighted by Crippen LogP contribution is -2.27. The van der Waals surface area contributed by atoms with Gasteiger partial charge in [-0.1, -0.05) is 0 Å². The largest absolute Gasteiger partial charge is 0.492 e. The molecular weight excluding hydrogens is 330 g/mol. The number of benzene rings is 1. The van der Waals surface area contributed by atoms with Crippen molar-refractivity contribution in [2.24, 2.45) is 0 Å². The van der Waals surface area contributed by atoms with Crippen LogP contribution in [0.3, 0.4) is 0 Å². The summed E-state index contributed by atoms with van der Waals surface area (Å²) >= 11 is 0. The van der Waals surface area contributed by atoms with Crippen molar-refractivity contribution in [3.63, 3.8) is 0 Å². The van der Waals surface area contributed by atoms with Gasteiger partial charge in [0.25, 0.3) is 5.91 Å². The average molecular weight is 356 g/mol. The molecule has 1 aromatic carbocycles. The van der Waals surface area contributed by atoms with Gasteiger partial charge in [-0.15, -0.1) is 12.4 Å². The molecule has 2 amide bonds. The van der Waals surface area contributed by atoms with E-state index < -0.39 is 0 Å². The summed E-state index contributed by atoms with van der Waals surface area (Å²) in [5.41, 5.74) is 1.07. The van der Waals surface area contributed by atoms with Crippen molar-refractivity contribution in [2.75, 3.05) is 32.6 Å². The van der Waals surface area contributed by atoms with Gasteiger partial charge < -0.3 is 20.3 Å². The van der Waals surface area contributed by atoms with Crippen molar-refractivity contribution >= 4 is 29.9 Å². The lowest BCUT2D eigenvalue weighted by Gasteiger charge is -2.16. The monoisotopic (exact) mass is 355 g/mol. The number of rotatable bonds is 6. The minimum Gasteiger partial charge on any atom is -0.492 e. The van der Waals surface area contributed by atoms with Gasteiger partial charge in [0.2, 0.25) is 5.91 Å². The first-order valence-corrected chi connectivity index (χ1v) is 8.03. The van der Waals surface area contributed by atoms with Crippen molar-refractivity contribution < 1.29 is 14.3 Å². The minimum absolute atomic E-state index is 0. The summed E-state index contributed by atoms with van der Waals surface area (Å²) in [4.78, 5) is 25.8. The molecule has 24 heavy (non-hydrogen) atoms. The Bertz CT molecular complexity index is 572. The third kappa shape index (κ3) is 5.39. The van der Waals surface area contributed by atoms with Crippen LogP contribution in [0, 0.1) is 0 Å². The molecule has 1 unspecified atom stereocenters. The fourth-order valence-electron chi connectivity index (χ4n) is 2.66. The third-order valence-electron chi connectivity index (χ3n) is 3.80. The topological polar surface area (TPSA) is 70.7 Å². The zero-order chi connectivity index (χ0) is 16.8. The van der Waals surface area contributed by atoms with Gasteiger partial charge >= 0.3 is 0 Å². The molecule has 1 saturated heterocycles. The maximum absolute atomic E-state index is 12.2. The van der Waals surface area contributed by atoms with Crippen LogP contribution in [0.1, 0.15) is 36.5 Å². The Hall–Kier alpha value is -1.79. The molecule has 0 bridgehead atoms. The first-order chi connectivity index (χ1) is 11.0. The van der Waals surface area contributed by atoms with Gasteiger partial charge in [-0.05, 0) is 44.5 Å². The number of carbonyl (C=O) groups is 2. The van der Waals surface area contributed by atoms with Crippen LogP contribution in [-0.2, 0) is 4.79 Å². The molecule has 7 heteroatoms. The molecule has 2 N–H and O–H groups in total. The Labute approximate surface area is 149 Å². The van der Waals surface area contributed by atoms with Gasteiger partial charge in [-0.25, -0.2) is 0 Å². The molecule has 1 heterocycles. The summed E-state index contributed by atoms with van der Waals surface area (Å²) in [7, 11) is 3.39. The number of ether oxygens (including phenoxy) is 1. The summed E-state index contributed by atoms with van der Waals surface area (Å²) in [5, 5.41) is 6.19. The van der Waals surface area contributed by atoms with Crippen molar-refractivity contribution in [1.82, 2.24) is 10.2 Å². The molecule has 0 aromatic heterocycles. The molecule has 0 aliphatic carbocycles. The van der Waals surface area contributed by atoms with Crippen molar-refractivity contribution in [3.8, 4) is 5.75 Å². The zero-order valence-corrected chi connectivity index (χ0v) is 15.2. The normalized spacial score (nSPS) is 16.2. The first-order valence-electron chi connectivity index (χ1n) is 8.03. The molecule has 0 spiro atoms. The average Bonchev–Trinajstić information content (AvgIpc) is 3.01. The first kappa shape index (κ1) is 20.3. The molecule has 6 nitrogen and oxygen atoms in total. The van der Waals surface area contributed by atoms with Gasteiger partial charge in [0.05, 0.1) is 12.3 Å². The third-order valence-corrected chi connectivity index (χ3v) is 3.80. The number of hydrogen-bond acceptors (Lipinski definition) is 4. The molecule has 0 radical (unpaired) electrons. The molecule has 2 rings (SSSR count). The highest BCUT2D eigenvalue weighted by atomic mass is 35.5. The van der Waals surface area contributed by atoms with Gasteiger partial charge in [0.1, 0.15) is 5.75 Å². The van der Waals surface area contributed by atoms with E-state index in [0.717, 1.165) is 19.4 Å². The second-order valence-electron chi connectivity index (χ2n) is 5.89. The number of nitrogens with one attached hydrogen (secondary N) is 2. The summed E-state index contributed by atoms with van der Waals surface area (Å²) < 4.78 is 5.55. The van der Waals surface area contributed by atoms with Crippen LogP contribution >= 0.6 is 12.4 Å². The molecule has 1 atom stereocenters. The highest BCUT2D eigenvalue weighted by molar-refractivity contribution is 5.98. The van der Waals surface area contributed by atoms with Crippen LogP contribution in [0.4, 0.5) is 5.69 Å². The number of nitrogens with zero attached hydrogens (tertiary/aromatic N) is 1. The van der Waals surface area contributed by atoms with Crippen LogP contribution in [0.5, 0.6) is 5.75 Å². The van der Waals surface area contributed by atoms with E-state index in [9.17, 15) is 9.59 Å². The highest BCUT2D eigenvalue weighted by Crippen LogP contribution is 2.27. The molecule has 1 fully saturated rings. The van der Waals surface area contributed by atoms with Crippen LogP contribution < -0.4 is 15.4 Å². The van der Waals surface area contributed by atoms with Crippen molar-refractivity contribution in [1.29, 1.82) is 0 Å². The van der Waals surface area contributed by atoms with E-state index in [1.54, 1.807) is 32.3 Å². The van der Waals surface area contributed by atoms with E-state index in [2.05, 4.69) is 10.6 Å². The standard InChI is InChI=1S/C17H25N3O3.ClH/c1-4-23-15-8-7-12(17(22)20(2)3)10-14(15)19-16(21)11-13-6-5-9-18-13;/h7-8,10,13,18H,4-6,9,11H2,1-3H3,(H,19,21);1H. The Balaban J connectivity index is 0.00000288. The van der Waals surface area contributed by atoms with E-state index in [4.69, 9.17) is 4.74 Å². The summed E-state index contributed by atoms with van der Waals surface area (Å²) in [5.74, 6) is 0.399. The molecule has 0 saturated carbocycles. The Morgan fingerprint density at radius 3 is 2.71 bits per heavy atom. The van der Waals surface area contributed by atoms with Crippen LogP contribution in [0.15, 0.2) is 18.2 Å². The zero-order valence-electron chi connectivity index (χ0n) is 14.4. The number of hydrogen-bond donors (Lipinski definition) is 2. The molecule has 134 valence electrons. The van der Waals surface area contributed by atoms with E-state index in [1.807, 2.05) is 6.92 Å². The number of amides is 2. The molecule has 1 aliphatic heterocycles. The van der Waals surface area contributed by atoms with E-state index in [0.29, 0.717) is 30.0 Å². The molecule has 1 aromatic rings. The number of halogens is 1. The summed E-state index contributed by atoms with van der Waals surface area (Å²) in [6, 6.07) is 5.34. The Morgan fingerprint density at radius 2 is 2.12 bits per heavy atom. The highest BCUT2D eigenvalue weighted by Gasteiger charge is 2.19. The predicted octanol–water partition coefficient (Wildman–Crippen LogP) is 2.29. The van der Waals surface area contributed by atoms with Crippen LogP contribution in [0.25, 0.3) is 0 Å².